The second-order valence-electron chi connectivity index (χ2n) is 6.33. The summed E-state index contributed by atoms with van der Waals surface area (Å²) >= 11 is 3.55. The van der Waals surface area contributed by atoms with Crippen LogP contribution in [-0.4, -0.2) is 42.4 Å². The third kappa shape index (κ3) is 5.60. The first-order valence-electron chi connectivity index (χ1n) is 8.57. The van der Waals surface area contributed by atoms with Gasteiger partial charge in [-0.1, -0.05) is 22.0 Å². The average molecular weight is 533 g/mol. The minimum Gasteiger partial charge on any atom is -0.371 e. The van der Waals surface area contributed by atoms with Gasteiger partial charge in [0.25, 0.3) is 0 Å². The molecule has 1 atom stereocenters. The molecule has 2 aromatic rings. The molecule has 1 fully saturated rings. The van der Waals surface area contributed by atoms with Crippen LogP contribution in [0.15, 0.2) is 46.0 Å². The Morgan fingerprint density at radius 1 is 1.35 bits per heavy atom. The maximum absolute atomic E-state index is 4.31. The zero-order valence-electron chi connectivity index (χ0n) is 15.2. The molecule has 1 unspecified atom stereocenters. The van der Waals surface area contributed by atoms with Crippen molar-refractivity contribution in [2.75, 3.05) is 31.6 Å². The number of anilines is 1. The Labute approximate surface area is 180 Å². The van der Waals surface area contributed by atoms with Gasteiger partial charge in [-0.3, -0.25) is 9.67 Å². The fraction of sp³-hybridized carbons (Fsp3) is 0.444. The van der Waals surface area contributed by atoms with E-state index in [0.717, 1.165) is 35.8 Å². The van der Waals surface area contributed by atoms with Crippen LogP contribution < -0.4 is 15.5 Å². The second kappa shape index (κ2) is 10.1. The van der Waals surface area contributed by atoms with Crippen LogP contribution >= 0.6 is 39.9 Å². The Kier molecular flexibility index (Phi) is 8.20. The van der Waals surface area contributed by atoms with Crippen LogP contribution in [0.25, 0.3) is 0 Å². The molecule has 8 heteroatoms. The number of hydrogen-bond donors (Lipinski definition) is 2. The predicted molar refractivity (Wildman–Crippen MR) is 121 cm³/mol. The van der Waals surface area contributed by atoms with E-state index < -0.39 is 0 Å². The molecule has 1 aromatic heterocycles. The van der Waals surface area contributed by atoms with E-state index in [2.05, 4.69) is 65.8 Å². The number of hydrogen-bond acceptors (Lipinski definition) is 3. The van der Waals surface area contributed by atoms with E-state index in [4.69, 9.17) is 0 Å². The smallest absolute Gasteiger partial charge is 0.191 e. The minimum atomic E-state index is 0. The van der Waals surface area contributed by atoms with E-state index in [1.54, 1.807) is 7.05 Å². The lowest BCUT2D eigenvalue weighted by atomic mass is 10.1. The molecule has 142 valence electrons. The van der Waals surface area contributed by atoms with Crippen molar-refractivity contribution in [1.29, 1.82) is 0 Å². The van der Waals surface area contributed by atoms with Crippen molar-refractivity contribution in [3.63, 3.8) is 0 Å². The van der Waals surface area contributed by atoms with E-state index >= 15 is 0 Å². The van der Waals surface area contributed by atoms with E-state index in [1.807, 2.05) is 24.0 Å². The van der Waals surface area contributed by atoms with Crippen molar-refractivity contribution >= 4 is 51.6 Å². The molecule has 2 heterocycles. The molecule has 0 aliphatic carbocycles. The van der Waals surface area contributed by atoms with Gasteiger partial charge in [0.05, 0.1) is 12.2 Å². The lowest BCUT2D eigenvalue weighted by molar-refractivity contribution is 0.564. The number of halogens is 2. The molecule has 2 N–H and O–H groups in total. The summed E-state index contributed by atoms with van der Waals surface area (Å²) in [6, 6.07) is 10.5. The quantitative estimate of drug-likeness (QED) is 0.353. The Hall–Kier alpha value is -1.29. The average Bonchev–Trinajstić information content (AvgIpc) is 3.24. The van der Waals surface area contributed by atoms with Gasteiger partial charge in [-0.2, -0.15) is 5.10 Å². The summed E-state index contributed by atoms with van der Waals surface area (Å²) in [5.41, 5.74) is 2.42. The van der Waals surface area contributed by atoms with Gasteiger partial charge in [-0.25, -0.2) is 0 Å². The molecule has 1 aromatic carbocycles. The summed E-state index contributed by atoms with van der Waals surface area (Å²) in [5, 5.41) is 11.0. The number of nitrogens with zero attached hydrogens (tertiary/aromatic N) is 4. The maximum atomic E-state index is 4.31. The predicted octanol–water partition coefficient (Wildman–Crippen LogP) is 2.99. The van der Waals surface area contributed by atoms with Crippen molar-refractivity contribution in [3.8, 4) is 0 Å². The summed E-state index contributed by atoms with van der Waals surface area (Å²) in [6.07, 6.45) is 3.00. The lowest BCUT2D eigenvalue weighted by Gasteiger charge is -2.19. The first kappa shape index (κ1) is 21.0. The van der Waals surface area contributed by atoms with Crippen molar-refractivity contribution in [3.05, 3.63) is 46.7 Å². The number of rotatable bonds is 5. The standard InChI is InChI=1S/C18H25BrN6.HI/c1-20-18(22-12-17-6-8-23-24(17)2)21-11-14-7-9-25(13-14)16-5-3-4-15(19)10-16;/h3-6,8,10,14H,7,9,11-13H2,1-2H3,(H2,20,21,22);1H. The van der Waals surface area contributed by atoms with Crippen LogP contribution in [0.5, 0.6) is 0 Å². The molecule has 0 spiro atoms. The molecule has 0 amide bonds. The van der Waals surface area contributed by atoms with E-state index in [0.29, 0.717) is 12.5 Å². The Balaban J connectivity index is 0.00000243. The fourth-order valence-electron chi connectivity index (χ4n) is 3.12. The van der Waals surface area contributed by atoms with Crippen LogP contribution in [0, 0.1) is 5.92 Å². The highest BCUT2D eigenvalue weighted by atomic mass is 127. The van der Waals surface area contributed by atoms with Gasteiger partial charge in [-0.05, 0) is 36.6 Å². The molecule has 6 nitrogen and oxygen atoms in total. The summed E-state index contributed by atoms with van der Waals surface area (Å²) < 4.78 is 3.00. The largest absolute Gasteiger partial charge is 0.371 e. The van der Waals surface area contributed by atoms with Gasteiger partial charge >= 0.3 is 0 Å². The first-order valence-corrected chi connectivity index (χ1v) is 9.37. The maximum Gasteiger partial charge on any atom is 0.191 e. The molecule has 0 radical (unpaired) electrons. The molecular formula is C18H26BrIN6. The second-order valence-corrected chi connectivity index (χ2v) is 7.25. The van der Waals surface area contributed by atoms with Crippen LogP contribution in [-0.2, 0) is 13.6 Å². The monoisotopic (exact) mass is 532 g/mol. The van der Waals surface area contributed by atoms with E-state index in [9.17, 15) is 0 Å². The fourth-order valence-corrected chi connectivity index (χ4v) is 3.50. The minimum absolute atomic E-state index is 0. The number of aromatic nitrogens is 2. The zero-order chi connectivity index (χ0) is 17.6. The van der Waals surface area contributed by atoms with Crippen LogP contribution in [0.3, 0.4) is 0 Å². The van der Waals surface area contributed by atoms with Gasteiger partial charge in [0, 0.05) is 50.1 Å². The van der Waals surface area contributed by atoms with Crippen molar-refractivity contribution in [2.24, 2.45) is 18.0 Å². The SMILES string of the molecule is CN=C(NCc1ccnn1C)NCC1CCN(c2cccc(Br)c2)C1.I. The van der Waals surface area contributed by atoms with E-state index in [-0.39, 0.29) is 24.0 Å². The van der Waals surface area contributed by atoms with Crippen molar-refractivity contribution < 1.29 is 0 Å². The Morgan fingerprint density at radius 3 is 2.88 bits per heavy atom. The van der Waals surface area contributed by atoms with Gasteiger partial charge in [0.2, 0.25) is 0 Å². The highest BCUT2D eigenvalue weighted by Crippen LogP contribution is 2.25. The van der Waals surface area contributed by atoms with Gasteiger partial charge in [0.1, 0.15) is 0 Å². The summed E-state index contributed by atoms with van der Waals surface area (Å²) in [5.74, 6) is 1.45. The lowest BCUT2D eigenvalue weighted by Crippen LogP contribution is -2.40. The number of nitrogens with one attached hydrogen (secondary N) is 2. The van der Waals surface area contributed by atoms with Crippen LogP contribution in [0.2, 0.25) is 0 Å². The number of guanidine groups is 1. The molecule has 26 heavy (non-hydrogen) atoms. The molecule has 0 saturated carbocycles. The number of aryl methyl sites for hydroxylation is 1. The topological polar surface area (TPSA) is 57.5 Å². The van der Waals surface area contributed by atoms with E-state index in [1.165, 1.54) is 12.1 Å². The van der Waals surface area contributed by atoms with Gasteiger partial charge in [-0.15, -0.1) is 24.0 Å². The van der Waals surface area contributed by atoms with Crippen LogP contribution in [0.4, 0.5) is 5.69 Å². The third-order valence-corrected chi connectivity index (χ3v) is 5.09. The highest BCUT2D eigenvalue weighted by Gasteiger charge is 2.22. The highest BCUT2D eigenvalue weighted by molar-refractivity contribution is 14.0. The molecule has 1 aliphatic heterocycles. The van der Waals surface area contributed by atoms with Crippen molar-refractivity contribution in [1.82, 2.24) is 20.4 Å². The summed E-state index contributed by atoms with van der Waals surface area (Å²) in [4.78, 5) is 6.76. The summed E-state index contributed by atoms with van der Waals surface area (Å²) in [6.45, 7) is 3.81. The summed E-state index contributed by atoms with van der Waals surface area (Å²) in [7, 11) is 3.75. The molecule has 1 saturated heterocycles. The van der Waals surface area contributed by atoms with Gasteiger partial charge in [0.15, 0.2) is 5.96 Å². The molecular weight excluding hydrogens is 507 g/mol. The molecule has 3 rings (SSSR count). The molecule has 0 bridgehead atoms. The van der Waals surface area contributed by atoms with Crippen molar-refractivity contribution in [2.45, 2.75) is 13.0 Å². The first-order chi connectivity index (χ1) is 12.2. The molecule has 1 aliphatic rings. The normalized spacial score (nSPS) is 17.1. The Bertz CT molecular complexity index is 732. The number of aliphatic imine (C=N–C) groups is 1. The Morgan fingerprint density at radius 2 is 2.19 bits per heavy atom. The zero-order valence-corrected chi connectivity index (χ0v) is 19.1. The van der Waals surface area contributed by atoms with Gasteiger partial charge < -0.3 is 15.5 Å². The van der Waals surface area contributed by atoms with Crippen LogP contribution in [0.1, 0.15) is 12.1 Å². The number of benzene rings is 1. The third-order valence-electron chi connectivity index (χ3n) is 4.60.